The van der Waals surface area contributed by atoms with E-state index in [1.165, 1.54) is 6.92 Å². The molecular formula is C16H20O5. The first kappa shape index (κ1) is 15.4. The normalized spacial score (nSPS) is 21.8. The van der Waals surface area contributed by atoms with Crippen molar-refractivity contribution >= 4 is 11.8 Å². The highest BCUT2D eigenvalue weighted by molar-refractivity contribution is 5.80. The molecule has 1 aliphatic rings. The maximum atomic E-state index is 11.6. The van der Waals surface area contributed by atoms with Crippen molar-refractivity contribution in [2.24, 2.45) is 0 Å². The number of esters is 1. The minimum Gasteiger partial charge on any atom is -0.493 e. The second-order valence-electron chi connectivity index (χ2n) is 5.15. The summed E-state index contributed by atoms with van der Waals surface area (Å²) >= 11 is 0. The van der Waals surface area contributed by atoms with Crippen LogP contribution in [-0.4, -0.2) is 32.1 Å². The minimum atomic E-state index is -0.401. The summed E-state index contributed by atoms with van der Waals surface area (Å²) in [6.45, 7) is 1.37. The predicted molar refractivity (Wildman–Crippen MR) is 76.7 cm³/mol. The molecule has 0 N–H and O–H groups in total. The predicted octanol–water partition coefficient (Wildman–Crippen LogP) is 2.47. The van der Waals surface area contributed by atoms with Gasteiger partial charge in [0, 0.05) is 25.7 Å². The third-order valence-electron chi connectivity index (χ3n) is 3.76. The number of ketones is 1. The topological polar surface area (TPSA) is 61.8 Å². The number of methoxy groups -OCH3 is 2. The SMILES string of the molecule is COc1ccc(C2CCC(=O)CC2OC(C)=O)cc1OC. The molecule has 114 valence electrons. The van der Waals surface area contributed by atoms with E-state index in [-0.39, 0.29) is 24.1 Å². The summed E-state index contributed by atoms with van der Waals surface area (Å²) < 4.78 is 15.9. The molecule has 0 aromatic heterocycles. The highest BCUT2D eigenvalue weighted by atomic mass is 16.5. The summed E-state index contributed by atoms with van der Waals surface area (Å²) in [6.07, 6.45) is 1.06. The summed E-state index contributed by atoms with van der Waals surface area (Å²) in [5.41, 5.74) is 0.992. The van der Waals surface area contributed by atoms with Crippen LogP contribution in [0.3, 0.4) is 0 Å². The van der Waals surface area contributed by atoms with Gasteiger partial charge in [-0.3, -0.25) is 9.59 Å². The summed E-state index contributed by atoms with van der Waals surface area (Å²) in [4.78, 5) is 22.9. The van der Waals surface area contributed by atoms with Gasteiger partial charge in [-0.15, -0.1) is 0 Å². The molecule has 1 saturated carbocycles. The van der Waals surface area contributed by atoms with Gasteiger partial charge in [-0.2, -0.15) is 0 Å². The minimum absolute atomic E-state index is 0.00593. The Balaban J connectivity index is 2.28. The van der Waals surface area contributed by atoms with Crippen molar-refractivity contribution in [2.45, 2.75) is 38.2 Å². The average Bonchev–Trinajstić information content (AvgIpc) is 2.46. The fourth-order valence-corrected chi connectivity index (χ4v) is 2.77. The van der Waals surface area contributed by atoms with Crippen molar-refractivity contribution in [3.8, 4) is 11.5 Å². The smallest absolute Gasteiger partial charge is 0.302 e. The number of benzene rings is 1. The molecule has 1 aromatic carbocycles. The second kappa shape index (κ2) is 6.61. The first-order valence-electron chi connectivity index (χ1n) is 6.96. The van der Waals surface area contributed by atoms with E-state index in [9.17, 15) is 9.59 Å². The van der Waals surface area contributed by atoms with Crippen molar-refractivity contribution in [1.82, 2.24) is 0 Å². The van der Waals surface area contributed by atoms with Crippen LogP contribution in [0.1, 0.15) is 37.7 Å². The Morgan fingerprint density at radius 3 is 2.52 bits per heavy atom. The monoisotopic (exact) mass is 292 g/mol. The van der Waals surface area contributed by atoms with E-state index >= 15 is 0 Å². The number of Topliss-reactive ketones (excluding diaryl/α,β-unsaturated/α-hetero) is 1. The lowest BCUT2D eigenvalue weighted by atomic mass is 9.81. The maximum Gasteiger partial charge on any atom is 0.302 e. The van der Waals surface area contributed by atoms with Gasteiger partial charge < -0.3 is 14.2 Å². The Bertz CT molecular complexity index is 535. The van der Waals surface area contributed by atoms with Gasteiger partial charge in [-0.05, 0) is 24.1 Å². The Hall–Kier alpha value is -2.04. The van der Waals surface area contributed by atoms with Crippen LogP contribution in [-0.2, 0) is 14.3 Å². The van der Waals surface area contributed by atoms with Crippen LogP contribution >= 0.6 is 0 Å². The van der Waals surface area contributed by atoms with E-state index in [0.717, 1.165) is 5.56 Å². The molecule has 1 aromatic rings. The zero-order valence-corrected chi connectivity index (χ0v) is 12.5. The van der Waals surface area contributed by atoms with E-state index in [1.54, 1.807) is 14.2 Å². The molecule has 2 rings (SSSR count). The molecule has 0 amide bonds. The Labute approximate surface area is 124 Å². The molecule has 0 spiro atoms. The summed E-state index contributed by atoms with van der Waals surface area (Å²) in [5, 5.41) is 0. The molecule has 5 nitrogen and oxygen atoms in total. The molecule has 0 aliphatic heterocycles. The zero-order valence-electron chi connectivity index (χ0n) is 12.5. The van der Waals surface area contributed by atoms with Gasteiger partial charge in [0.2, 0.25) is 0 Å². The summed E-state index contributed by atoms with van der Waals surface area (Å²) in [5.74, 6) is 1.07. The van der Waals surface area contributed by atoms with Gasteiger partial charge in [0.05, 0.1) is 14.2 Å². The average molecular weight is 292 g/mol. The number of carbonyl (C=O) groups excluding carboxylic acids is 2. The quantitative estimate of drug-likeness (QED) is 0.798. The lowest BCUT2D eigenvalue weighted by Gasteiger charge is -2.30. The number of hydrogen-bond acceptors (Lipinski definition) is 5. The van der Waals surface area contributed by atoms with Crippen LogP contribution in [0.25, 0.3) is 0 Å². The highest BCUT2D eigenvalue weighted by Crippen LogP contribution is 2.37. The lowest BCUT2D eigenvalue weighted by Crippen LogP contribution is -2.32. The molecule has 2 atom stereocenters. The van der Waals surface area contributed by atoms with Crippen LogP contribution in [0, 0.1) is 0 Å². The van der Waals surface area contributed by atoms with Crippen LogP contribution in [0.5, 0.6) is 11.5 Å². The van der Waals surface area contributed by atoms with E-state index in [2.05, 4.69) is 0 Å². The van der Waals surface area contributed by atoms with Crippen LogP contribution in [0.2, 0.25) is 0 Å². The molecule has 0 heterocycles. The van der Waals surface area contributed by atoms with Gasteiger partial charge in [-0.25, -0.2) is 0 Å². The zero-order chi connectivity index (χ0) is 15.4. The van der Waals surface area contributed by atoms with Crippen molar-refractivity contribution in [3.63, 3.8) is 0 Å². The van der Waals surface area contributed by atoms with Crippen LogP contribution < -0.4 is 9.47 Å². The summed E-state index contributed by atoms with van der Waals surface area (Å²) in [7, 11) is 3.16. The Morgan fingerprint density at radius 2 is 1.90 bits per heavy atom. The molecule has 2 unspecified atom stereocenters. The van der Waals surface area contributed by atoms with Crippen molar-refractivity contribution in [1.29, 1.82) is 0 Å². The van der Waals surface area contributed by atoms with Crippen molar-refractivity contribution in [3.05, 3.63) is 23.8 Å². The fourth-order valence-electron chi connectivity index (χ4n) is 2.77. The van der Waals surface area contributed by atoms with E-state index < -0.39 is 6.10 Å². The van der Waals surface area contributed by atoms with Gasteiger partial charge in [0.25, 0.3) is 0 Å². The molecule has 5 heteroatoms. The largest absolute Gasteiger partial charge is 0.493 e. The van der Waals surface area contributed by atoms with Crippen LogP contribution in [0.15, 0.2) is 18.2 Å². The molecule has 1 aliphatic carbocycles. The Kier molecular flexibility index (Phi) is 4.83. The molecular weight excluding hydrogens is 272 g/mol. The molecule has 21 heavy (non-hydrogen) atoms. The van der Waals surface area contributed by atoms with Gasteiger partial charge in [0.1, 0.15) is 11.9 Å². The molecule has 1 fully saturated rings. The maximum absolute atomic E-state index is 11.6. The van der Waals surface area contributed by atoms with Crippen LogP contribution in [0.4, 0.5) is 0 Å². The van der Waals surface area contributed by atoms with Gasteiger partial charge in [-0.1, -0.05) is 6.07 Å². The standard InChI is InChI=1S/C16H20O5/c1-10(17)21-15-9-12(18)5-6-13(15)11-4-7-14(19-2)16(8-11)20-3/h4,7-8,13,15H,5-6,9H2,1-3H3. The number of hydrogen-bond donors (Lipinski definition) is 0. The highest BCUT2D eigenvalue weighted by Gasteiger charge is 2.33. The van der Waals surface area contributed by atoms with E-state index in [1.807, 2.05) is 18.2 Å². The number of rotatable bonds is 4. The van der Waals surface area contributed by atoms with E-state index in [0.29, 0.717) is 24.3 Å². The van der Waals surface area contributed by atoms with Crippen molar-refractivity contribution < 1.29 is 23.8 Å². The fraction of sp³-hybridized carbons (Fsp3) is 0.500. The van der Waals surface area contributed by atoms with Gasteiger partial charge in [0.15, 0.2) is 11.5 Å². The van der Waals surface area contributed by atoms with Crippen molar-refractivity contribution in [2.75, 3.05) is 14.2 Å². The first-order valence-corrected chi connectivity index (χ1v) is 6.96. The second-order valence-corrected chi connectivity index (χ2v) is 5.15. The first-order chi connectivity index (χ1) is 10.0. The third-order valence-corrected chi connectivity index (χ3v) is 3.76. The van der Waals surface area contributed by atoms with Gasteiger partial charge >= 0.3 is 5.97 Å². The molecule has 0 bridgehead atoms. The third kappa shape index (κ3) is 3.54. The Morgan fingerprint density at radius 1 is 1.19 bits per heavy atom. The van der Waals surface area contributed by atoms with E-state index in [4.69, 9.17) is 14.2 Å². The number of ether oxygens (including phenoxy) is 3. The number of carbonyl (C=O) groups is 2. The molecule has 0 saturated heterocycles. The lowest BCUT2D eigenvalue weighted by molar-refractivity contribution is -0.150. The molecule has 0 radical (unpaired) electrons. The summed E-state index contributed by atoms with van der Waals surface area (Å²) in [6, 6.07) is 5.64.